The van der Waals surface area contributed by atoms with E-state index in [9.17, 15) is 0 Å². The molecule has 1 aromatic rings. The van der Waals surface area contributed by atoms with Crippen LogP contribution < -0.4 is 9.80 Å². The van der Waals surface area contributed by atoms with Crippen LogP contribution in [0.3, 0.4) is 0 Å². The third-order valence-corrected chi connectivity index (χ3v) is 2.90. The van der Waals surface area contributed by atoms with E-state index in [1.807, 2.05) is 6.07 Å². The number of fused-ring (bicyclic) bond motifs is 1. The molecule has 2 rings (SSSR count). The Morgan fingerprint density at radius 1 is 1.14 bits per heavy atom. The van der Waals surface area contributed by atoms with Crippen LogP contribution in [0.15, 0.2) is 18.2 Å². The lowest BCUT2D eigenvalue weighted by atomic mass is 10.1. The molecule has 0 fully saturated rings. The van der Waals surface area contributed by atoms with E-state index >= 15 is 0 Å². The van der Waals surface area contributed by atoms with Crippen molar-refractivity contribution in [2.75, 3.05) is 36.0 Å². The van der Waals surface area contributed by atoms with Gasteiger partial charge in [-0.1, -0.05) is 6.07 Å². The van der Waals surface area contributed by atoms with E-state index in [4.69, 9.17) is 0 Å². The van der Waals surface area contributed by atoms with Crippen LogP contribution in [-0.2, 0) is 0 Å². The Balaban J connectivity index is 2.38. The molecule has 0 atom stereocenters. The molecule has 1 heterocycles. The Bertz CT molecular complexity index is 278. The smallest absolute Gasteiger partial charge is 0.0610 e. The van der Waals surface area contributed by atoms with Gasteiger partial charge in [0.05, 0.1) is 11.4 Å². The van der Waals surface area contributed by atoms with Crippen molar-refractivity contribution in [3.8, 4) is 0 Å². The van der Waals surface area contributed by atoms with Crippen LogP contribution in [0.25, 0.3) is 0 Å². The van der Waals surface area contributed by atoms with Gasteiger partial charge in [-0.3, -0.25) is 0 Å². The zero-order valence-electron chi connectivity index (χ0n) is 8.95. The Morgan fingerprint density at radius 2 is 1.79 bits per heavy atom. The average Bonchev–Trinajstić information content (AvgIpc) is 2.27. The van der Waals surface area contributed by atoms with E-state index in [0.717, 1.165) is 26.2 Å². The van der Waals surface area contributed by atoms with Gasteiger partial charge in [-0.05, 0) is 32.0 Å². The van der Waals surface area contributed by atoms with Gasteiger partial charge in [0.1, 0.15) is 0 Å². The summed E-state index contributed by atoms with van der Waals surface area (Å²) in [6.07, 6.45) is 0. The molecule has 1 aliphatic rings. The molecule has 0 bridgehead atoms. The van der Waals surface area contributed by atoms with Crippen molar-refractivity contribution in [2.24, 2.45) is 0 Å². The number of likely N-dealkylation sites (N-methyl/N-ethyl adjacent to an activating group) is 2. The molecule has 0 spiro atoms. The first-order valence-corrected chi connectivity index (χ1v) is 5.36. The molecule has 0 saturated heterocycles. The lowest BCUT2D eigenvalue weighted by Crippen LogP contribution is -2.40. The number of rotatable bonds is 2. The molecule has 1 aliphatic heterocycles. The standard InChI is InChI=1S/C12H17N2/c1-3-13-9-10-14(4-2)12-8-6-5-7-11(12)13/h5,7-8H,3-4,9-10H2,1-2H3. The van der Waals surface area contributed by atoms with Gasteiger partial charge < -0.3 is 9.80 Å². The zero-order valence-corrected chi connectivity index (χ0v) is 8.95. The molecule has 0 aromatic heterocycles. The van der Waals surface area contributed by atoms with Crippen molar-refractivity contribution in [3.05, 3.63) is 24.3 Å². The fraction of sp³-hybridized carbons (Fsp3) is 0.500. The summed E-state index contributed by atoms with van der Waals surface area (Å²) in [6.45, 7) is 8.87. The van der Waals surface area contributed by atoms with Gasteiger partial charge in [0, 0.05) is 26.2 Å². The van der Waals surface area contributed by atoms with Gasteiger partial charge in [0.25, 0.3) is 0 Å². The second kappa shape index (κ2) is 3.91. The highest BCUT2D eigenvalue weighted by Gasteiger charge is 2.19. The highest BCUT2D eigenvalue weighted by molar-refractivity contribution is 5.73. The van der Waals surface area contributed by atoms with Crippen molar-refractivity contribution in [1.82, 2.24) is 0 Å². The molecule has 0 aliphatic carbocycles. The lowest BCUT2D eigenvalue weighted by Gasteiger charge is -2.37. The van der Waals surface area contributed by atoms with Gasteiger partial charge in [0.15, 0.2) is 0 Å². The van der Waals surface area contributed by atoms with E-state index in [1.165, 1.54) is 11.4 Å². The summed E-state index contributed by atoms with van der Waals surface area (Å²) in [6, 6.07) is 9.43. The Morgan fingerprint density at radius 3 is 2.43 bits per heavy atom. The largest absolute Gasteiger partial charge is 0.368 e. The second-order valence-electron chi connectivity index (χ2n) is 3.57. The second-order valence-corrected chi connectivity index (χ2v) is 3.57. The summed E-state index contributed by atoms with van der Waals surface area (Å²) < 4.78 is 0. The van der Waals surface area contributed by atoms with E-state index in [0.29, 0.717) is 0 Å². The summed E-state index contributed by atoms with van der Waals surface area (Å²) in [5, 5.41) is 0. The topological polar surface area (TPSA) is 6.48 Å². The fourth-order valence-corrected chi connectivity index (χ4v) is 2.07. The molecule has 0 saturated carbocycles. The van der Waals surface area contributed by atoms with Crippen LogP contribution in [0, 0.1) is 6.07 Å². The molecule has 0 amide bonds. The number of nitrogens with zero attached hydrogens (tertiary/aromatic N) is 2. The van der Waals surface area contributed by atoms with Crippen molar-refractivity contribution < 1.29 is 0 Å². The van der Waals surface area contributed by atoms with Crippen LogP contribution in [0.2, 0.25) is 0 Å². The number of benzene rings is 1. The van der Waals surface area contributed by atoms with Crippen LogP contribution in [0.1, 0.15) is 13.8 Å². The van der Waals surface area contributed by atoms with Crippen molar-refractivity contribution >= 4 is 11.4 Å². The summed E-state index contributed by atoms with van der Waals surface area (Å²) in [5.74, 6) is 0. The quantitative estimate of drug-likeness (QED) is 0.703. The Hall–Kier alpha value is -1.18. The summed E-state index contributed by atoms with van der Waals surface area (Å²) in [5.41, 5.74) is 2.70. The first-order valence-electron chi connectivity index (χ1n) is 5.36. The third kappa shape index (κ3) is 1.45. The maximum absolute atomic E-state index is 3.16. The lowest BCUT2D eigenvalue weighted by molar-refractivity contribution is 0.723. The molecule has 0 unspecified atom stereocenters. The van der Waals surface area contributed by atoms with E-state index in [1.54, 1.807) is 0 Å². The van der Waals surface area contributed by atoms with E-state index in [-0.39, 0.29) is 0 Å². The van der Waals surface area contributed by atoms with Gasteiger partial charge in [-0.25, -0.2) is 0 Å². The minimum Gasteiger partial charge on any atom is -0.368 e. The predicted molar refractivity (Wildman–Crippen MR) is 61.1 cm³/mol. The summed E-state index contributed by atoms with van der Waals surface area (Å²) in [7, 11) is 0. The van der Waals surface area contributed by atoms with Gasteiger partial charge in [-0.15, -0.1) is 0 Å². The number of hydrogen-bond acceptors (Lipinski definition) is 2. The maximum atomic E-state index is 3.16. The molecule has 1 radical (unpaired) electrons. The molecule has 1 aromatic carbocycles. The van der Waals surface area contributed by atoms with Gasteiger partial charge in [-0.2, -0.15) is 0 Å². The summed E-state index contributed by atoms with van der Waals surface area (Å²) in [4.78, 5) is 4.84. The molecular weight excluding hydrogens is 172 g/mol. The van der Waals surface area contributed by atoms with Crippen LogP contribution in [0.4, 0.5) is 11.4 Å². The average molecular weight is 189 g/mol. The normalized spacial score (nSPS) is 15.6. The van der Waals surface area contributed by atoms with Gasteiger partial charge >= 0.3 is 0 Å². The number of anilines is 2. The van der Waals surface area contributed by atoms with Crippen LogP contribution >= 0.6 is 0 Å². The monoisotopic (exact) mass is 189 g/mol. The highest BCUT2D eigenvalue weighted by Crippen LogP contribution is 2.31. The van der Waals surface area contributed by atoms with E-state index in [2.05, 4.69) is 41.8 Å². The Labute approximate surface area is 86.1 Å². The molecule has 75 valence electrons. The predicted octanol–water partition coefficient (Wildman–Crippen LogP) is 2.15. The zero-order chi connectivity index (χ0) is 9.97. The molecular formula is C12H17N2. The first kappa shape index (κ1) is 9.38. The van der Waals surface area contributed by atoms with Crippen LogP contribution in [-0.4, -0.2) is 26.2 Å². The molecule has 0 N–H and O–H groups in total. The van der Waals surface area contributed by atoms with Crippen molar-refractivity contribution in [1.29, 1.82) is 0 Å². The summed E-state index contributed by atoms with van der Waals surface area (Å²) >= 11 is 0. The SMILES string of the molecule is CCN1CCN(CC)c2cc[c]cc21. The first-order chi connectivity index (χ1) is 6.86. The van der Waals surface area contributed by atoms with Crippen molar-refractivity contribution in [3.63, 3.8) is 0 Å². The molecule has 14 heavy (non-hydrogen) atoms. The number of hydrogen-bond donors (Lipinski definition) is 0. The minimum absolute atomic E-state index is 1.09. The van der Waals surface area contributed by atoms with Crippen LogP contribution in [0.5, 0.6) is 0 Å². The van der Waals surface area contributed by atoms with Gasteiger partial charge in [0.2, 0.25) is 0 Å². The third-order valence-electron chi connectivity index (χ3n) is 2.90. The van der Waals surface area contributed by atoms with E-state index < -0.39 is 0 Å². The fourth-order valence-electron chi connectivity index (χ4n) is 2.07. The molecule has 2 nitrogen and oxygen atoms in total. The molecule has 2 heteroatoms. The van der Waals surface area contributed by atoms with Crippen molar-refractivity contribution in [2.45, 2.75) is 13.8 Å². The highest BCUT2D eigenvalue weighted by atomic mass is 15.3. The maximum Gasteiger partial charge on any atom is 0.0610 e. The Kier molecular flexibility index (Phi) is 2.62. The minimum atomic E-state index is 1.09.